The normalized spacial score (nSPS) is 22.9. The zero-order valence-corrected chi connectivity index (χ0v) is 13.5. The first-order valence-electron chi connectivity index (χ1n) is 7.76. The molecule has 1 spiro atoms. The van der Waals surface area contributed by atoms with E-state index in [4.69, 9.17) is 4.74 Å². The van der Waals surface area contributed by atoms with Crippen molar-refractivity contribution in [1.29, 1.82) is 0 Å². The third kappa shape index (κ3) is 3.19. The predicted molar refractivity (Wildman–Crippen MR) is 87.9 cm³/mol. The van der Waals surface area contributed by atoms with Crippen molar-refractivity contribution >= 4 is 11.8 Å². The van der Waals surface area contributed by atoms with Crippen molar-refractivity contribution in [3.05, 3.63) is 54.2 Å². The van der Waals surface area contributed by atoms with E-state index in [2.05, 4.69) is 20.9 Å². The van der Waals surface area contributed by atoms with Gasteiger partial charge in [0.2, 0.25) is 0 Å². The number of halogens is 1. The topological polar surface area (TPSA) is 38.2 Å². The van der Waals surface area contributed by atoms with Crippen LogP contribution >= 0.6 is 11.8 Å². The Morgan fingerprint density at radius 3 is 2.87 bits per heavy atom. The molecule has 2 saturated heterocycles. The quantitative estimate of drug-likeness (QED) is 0.861. The number of pyridine rings is 2. The molecule has 4 nitrogen and oxygen atoms in total. The monoisotopic (exact) mass is 331 g/mol. The molecule has 4 rings (SSSR count). The highest BCUT2D eigenvalue weighted by Gasteiger charge is 2.49. The van der Waals surface area contributed by atoms with Gasteiger partial charge < -0.3 is 4.74 Å². The van der Waals surface area contributed by atoms with Gasteiger partial charge in [-0.05, 0) is 24.3 Å². The summed E-state index contributed by atoms with van der Waals surface area (Å²) in [6.45, 7) is 2.97. The highest BCUT2D eigenvalue weighted by atomic mass is 32.2. The lowest BCUT2D eigenvalue weighted by Gasteiger charge is -2.47. The maximum atomic E-state index is 13.6. The molecule has 0 amide bonds. The van der Waals surface area contributed by atoms with Crippen LogP contribution in [0.1, 0.15) is 12.1 Å². The lowest BCUT2D eigenvalue weighted by Crippen LogP contribution is -2.58. The summed E-state index contributed by atoms with van der Waals surface area (Å²) in [6.07, 6.45) is 4.39. The van der Waals surface area contributed by atoms with Crippen molar-refractivity contribution in [3.63, 3.8) is 0 Å². The lowest BCUT2D eigenvalue weighted by molar-refractivity contribution is 0.0885. The first-order valence-corrected chi connectivity index (χ1v) is 8.74. The van der Waals surface area contributed by atoms with Crippen LogP contribution in [0.25, 0.3) is 0 Å². The zero-order valence-electron chi connectivity index (χ0n) is 12.7. The van der Waals surface area contributed by atoms with Crippen LogP contribution in [0.15, 0.2) is 42.7 Å². The molecule has 2 aliphatic rings. The minimum absolute atomic E-state index is 0.0430. The third-order valence-corrected chi connectivity index (χ3v) is 5.89. The van der Waals surface area contributed by atoms with Crippen LogP contribution in [0.3, 0.4) is 0 Å². The second-order valence-electron chi connectivity index (χ2n) is 6.19. The summed E-state index contributed by atoms with van der Waals surface area (Å²) in [5.74, 6) is 0.636. The number of hydrogen-bond donors (Lipinski definition) is 0. The molecule has 2 aliphatic heterocycles. The maximum absolute atomic E-state index is 13.6. The molecular formula is C17H18FN3OS. The molecule has 0 radical (unpaired) electrons. The molecule has 23 heavy (non-hydrogen) atoms. The molecule has 0 aliphatic carbocycles. The Hall–Kier alpha value is -1.66. The van der Waals surface area contributed by atoms with Crippen molar-refractivity contribution in [2.45, 2.75) is 23.8 Å². The van der Waals surface area contributed by atoms with Crippen LogP contribution in [0.5, 0.6) is 5.88 Å². The molecule has 6 heteroatoms. The third-order valence-electron chi connectivity index (χ3n) is 4.31. The number of nitrogens with zero attached hydrogens (tertiary/aromatic N) is 3. The maximum Gasteiger partial charge on any atom is 0.250 e. The van der Waals surface area contributed by atoms with Gasteiger partial charge in [-0.25, -0.2) is 9.37 Å². The SMILES string of the molecule is Fc1cccnc1OC1CSC2(C1)CN(Cc1ccccn1)C2. The van der Waals surface area contributed by atoms with E-state index in [1.54, 1.807) is 12.3 Å². The summed E-state index contributed by atoms with van der Waals surface area (Å²) in [7, 11) is 0. The molecule has 1 atom stereocenters. The second-order valence-corrected chi connectivity index (χ2v) is 7.68. The van der Waals surface area contributed by atoms with Crippen molar-refractivity contribution in [1.82, 2.24) is 14.9 Å². The van der Waals surface area contributed by atoms with E-state index in [0.29, 0.717) is 0 Å². The van der Waals surface area contributed by atoms with E-state index >= 15 is 0 Å². The van der Waals surface area contributed by atoms with E-state index in [9.17, 15) is 4.39 Å². The summed E-state index contributed by atoms with van der Waals surface area (Å²) < 4.78 is 19.6. The fourth-order valence-electron chi connectivity index (χ4n) is 3.32. The van der Waals surface area contributed by atoms with E-state index < -0.39 is 0 Å². The van der Waals surface area contributed by atoms with Gasteiger partial charge in [-0.15, -0.1) is 11.8 Å². The second kappa shape index (κ2) is 6.09. The summed E-state index contributed by atoms with van der Waals surface area (Å²) in [6, 6.07) is 8.98. The number of rotatable bonds is 4. The molecule has 0 bridgehead atoms. The highest BCUT2D eigenvalue weighted by molar-refractivity contribution is 8.01. The Balaban J connectivity index is 1.31. The van der Waals surface area contributed by atoms with Crippen molar-refractivity contribution < 1.29 is 9.13 Å². The molecular weight excluding hydrogens is 313 g/mol. The van der Waals surface area contributed by atoms with Gasteiger partial charge in [-0.2, -0.15) is 0 Å². The molecule has 2 fully saturated rings. The lowest BCUT2D eigenvalue weighted by atomic mass is 9.93. The molecule has 0 N–H and O–H groups in total. The number of hydrogen-bond acceptors (Lipinski definition) is 5. The van der Waals surface area contributed by atoms with Gasteiger partial charge in [-0.3, -0.25) is 9.88 Å². The van der Waals surface area contributed by atoms with Gasteiger partial charge in [0.1, 0.15) is 6.10 Å². The van der Waals surface area contributed by atoms with Gasteiger partial charge in [0, 0.05) is 48.9 Å². The minimum Gasteiger partial charge on any atom is -0.471 e. The Bertz CT molecular complexity index is 679. The Morgan fingerprint density at radius 2 is 2.09 bits per heavy atom. The molecule has 4 heterocycles. The fourth-order valence-corrected chi connectivity index (χ4v) is 4.89. The largest absolute Gasteiger partial charge is 0.471 e. The first kappa shape index (κ1) is 14.9. The average molecular weight is 331 g/mol. The van der Waals surface area contributed by atoms with Crippen LogP contribution in [-0.2, 0) is 6.54 Å². The van der Waals surface area contributed by atoms with Crippen molar-refractivity contribution in [3.8, 4) is 5.88 Å². The van der Waals surface area contributed by atoms with Crippen molar-refractivity contribution in [2.24, 2.45) is 0 Å². The van der Waals surface area contributed by atoms with E-state index in [0.717, 1.165) is 37.5 Å². The van der Waals surface area contributed by atoms with Gasteiger partial charge in [-0.1, -0.05) is 6.07 Å². The number of ether oxygens (including phenoxy) is 1. The predicted octanol–water partition coefficient (Wildman–Crippen LogP) is 2.75. The van der Waals surface area contributed by atoms with Gasteiger partial charge in [0.25, 0.3) is 5.88 Å². The summed E-state index contributed by atoms with van der Waals surface area (Å²) in [5, 5.41) is 0. The van der Waals surface area contributed by atoms with Crippen LogP contribution in [-0.4, -0.2) is 44.6 Å². The van der Waals surface area contributed by atoms with Gasteiger partial charge in [0.05, 0.1) is 5.69 Å². The number of thioether (sulfide) groups is 1. The molecule has 120 valence electrons. The van der Waals surface area contributed by atoms with E-state index in [1.165, 1.54) is 6.07 Å². The van der Waals surface area contributed by atoms with Crippen molar-refractivity contribution in [2.75, 3.05) is 18.8 Å². The van der Waals surface area contributed by atoms with E-state index in [-0.39, 0.29) is 22.5 Å². The smallest absolute Gasteiger partial charge is 0.250 e. The summed E-state index contributed by atoms with van der Waals surface area (Å²) in [5.41, 5.74) is 1.11. The summed E-state index contributed by atoms with van der Waals surface area (Å²) >= 11 is 1.94. The molecule has 0 saturated carbocycles. The van der Waals surface area contributed by atoms with Crippen LogP contribution in [0.2, 0.25) is 0 Å². The Kier molecular flexibility index (Phi) is 3.95. The van der Waals surface area contributed by atoms with Crippen LogP contribution in [0, 0.1) is 5.82 Å². The fraction of sp³-hybridized carbons (Fsp3) is 0.412. The standard InChI is InChI=1S/C17H18FN3OS/c18-15-5-3-7-20-16(15)22-14-8-17(23-10-14)11-21(12-17)9-13-4-1-2-6-19-13/h1-7,14H,8-12H2. The number of likely N-dealkylation sites (tertiary alicyclic amines) is 1. The van der Waals surface area contributed by atoms with Gasteiger partial charge >= 0.3 is 0 Å². The first-order chi connectivity index (χ1) is 11.2. The number of aromatic nitrogens is 2. The zero-order chi connectivity index (χ0) is 15.7. The van der Waals surface area contributed by atoms with E-state index in [1.807, 2.05) is 30.1 Å². The molecule has 1 unspecified atom stereocenters. The summed E-state index contributed by atoms with van der Waals surface area (Å²) in [4.78, 5) is 10.8. The highest BCUT2D eigenvalue weighted by Crippen LogP contribution is 2.46. The van der Waals surface area contributed by atoms with Gasteiger partial charge in [0.15, 0.2) is 5.82 Å². The Morgan fingerprint density at radius 1 is 1.22 bits per heavy atom. The van der Waals surface area contributed by atoms with Crippen LogP contribution < -0.4 is 4.74 Å². The average Bonchev–Trinajstić information content (AvgIpc) is 2.94. The molecule has 0 aromatic carbocycles. The van der Waals surface area contributed by atoms with Crippen LogP contribution in [0.4, 0.5) is 4.39 Å². The molecule has 2 aromatic heterocycles. The molecule has 2 aromatic rings. The Labute approximate surface area is 139 Å². The minimum atomic E-state index is -0.385.